The van der Waals surface area contributed by atoms with E-state index in [-0.39, 0.29) is 6.61 Å². The summed E-state index contributed by atoms with van der Waals surface area (Å²) in [6.45, 7) is 5.21. The molecule has 0 aliphatic carbocycles. The summed E-state index contributed by atoms with van der Waals surface area (Å²) >= 11 is 0. The Morgan fingerprint density at radius 2 is 2.25 bits per heavy atom. The van der Waals surface area contributed by atoms with Crippen LogP contribution in [0.15, 0.2) is 12.7 Å². The minimum absolute atomic E-state index is 0.175. The van der Waals surface area contributed by atoms with Crippen molar-refractivity contribution in [3.8, 4) is 0 Å². The molecule has 5 nitrogen and oxygen atoms in total. The van der Waals surface area contributed by atoms with Gasteiger partial charge in [0.25, 0.3) is 0 Å². The Morgan fingerprint density at radius 3 is 2.58 bits per heavy atom. The zero-order valence-corrected chi connectivity index (χ0v) is 7.58. The van der Waals surface area contributed by atoms with Crippen LogP contribution in [0.1, 0.15) is 13.3 Å². The Kier molecular flexibility index (Phi) is 5.07. The lowest BCUT2D eigenvalue weighted by Gasteiger charge is -2.12. The highest BCUT2D eigenvalue weighted by Gasteiger charge is 2.14. The summed E-state index contributed by atoms with van der Waals surface area (Å²) in [6, 6.07) is 0. The van der Waals surface area contributed by atoms with Gasteiger partial charge in [0.1, 0.15) is 0 Å². The molecule has 0 amide bonds. The number of rotatable bonds is 6. The van der Waals surface area contributed by atoms with Gasteiger partial charge in [-0.05, 0) is 6.42 Å². The summed E-state index contributed by atoms with van der Waals surface area (Å²) in [4.78, 5) is 0. The van der Waals surface area contributed by atoms with Crippen molar-refractivity contribution < 1.29 is 21.9 Å². The van der Waals surface area contributed by atoms with E-state index in [4.69, 9.17) is 9.29 Å². The smallest absolute Gasteiger partial charge is 0.347 e. The van der Waals surface area contributed by atoms with Crippen molar-refractivity contribution in [2.45, 2.75) is 19.6 Å². The number of hydrogen-bond acceptors (Lipinski definition) is 4. The van der Waals surface area contributed by atoms with Gasteiger partial charge in [0.15, 0.2) is 6.29 Å². The Bertz CT molecular complexity index is 220. The minimum Gasteiger partial charge on any atom is -0.347 e. The van der Waals surface area contributed by atoms with Gasteiger partial charge >= 0.3 is 10.4 Å². The molecular weight excluding hydrogens is 184 g/mol. The highest BCUT2D eigenvalue weighted by Crippen LogP contribution is 2.03. The van der Waals surface area contributed by atoms with Gasteiger partial charge in [0, 0.05) is 0 Å². The molecule has 0 rings (SSSR count). The van der Waals surface area contributed by atoms with Gasteiger partial charge in [-0.1, -0.05) is 13.0 Å². The van der Waals surface area contributed by atoms with Gasteiger partial charge in [0.05, 0.1) is 6.61 Å². The zero-order valence-electron chi connectivity index (χ0n) is 6.76. The van der Waals surface area contributed by atoms with Crippen LogP contribution in [-0.4, -0.2) is 25.9 Å². The van der Waals surface area contributed by atoms with Crippen LogP contribution < -0.4 is 0 Å². The molecule has 0 fully saturated rings. The van der Waals surface area contributed by atoms with Crippen LogP contribution in [0.5, 0.6) is 0 Å². The van der Waals surface area contributed by atoms with Gasteiger partial charge < -0.3 is 4.74 Å². The van der Waals surface area contributed by atoms with Gasteiger partial charge in [0.2, 0.25) is 0 Å². The monoisotopic (exact) mass is 196 g/mol. The molecule has 12 heavy (non-hydrogen) atoms. The number of hydrogen-bond donors (Lipinski definition) is 1. The first-order valence-electron chi connectivity index (χ1n) is 3.37. The second kappa shape index (κ2) is 5.26. The van der Waals surface area contributed by atoms with E-state index < -0.39 is 16.7 Å². The van der Waals surface area contributed by atoms with Crippen molar-refractivity contribution in [1.29, 1.82) is 0 Å². The molecule has 0 aromatic carbocycles. The largest absolute Gasteiger partial charge is 0.399 e. The maximum atomic E-state index is 10.2. The first-order chi connectivity index (χ1) is 5.49. The average Bonchev–Trinajstić information content (AvgIpc) is 1.95. The molecular formula is C6H12O5S. The standard InChI is InChI=1S/C6H12O5S/c1-3-5-10-6(4-2)11-12(7,8)9/h3,6H,1,4-5H2,2H3,(H,7,8,9). The first kappa shape index (κ1) is 11.6. The van der Waals surface area contributed by atoms with Gasteiger partial charge in [-0.2, -0.15) is 8.42 Å². The second-order valence-electron chi connectivity index (χ2n) is 1.98. The fourth-order valence-electron chi connectivity index (χ4n) is 0.525. The van der Waals surface area contributed by atoms with Crippen LogP contribution >= 0.6 is 0 Å². The third-order valence-corrected chi connectivity index (χ3v) is 1.42. The van der Waals surface area contributed by atoms with E-state index in [1.54, 1.807) is 6.92 Å². The SMILES string of the molecule is C=CCOC(CC)OS(=O)(=O)O. The van der Waals surface area contributed by atoms with E-state index in [0.29, 0.717) is 6.42 Å². The van der Waals surface area contributed by atoms with Crippen molar-refractivity contribution in [3.63, 3.8) is 0 Å². The van der Waals surface area contributed by atoms with Crippen LogP contribution in [0.2, 0.25) is 0 Å². The summed E-state index contributed by atoms with van der Waals surface area (Å²) in [5.41, 5.74) is 0. The summed E-state index contributed by atoms with van der Waals surface area (Å²) in [5.74, 6) is 0. The summed E-state index contributed by atoms with van der Waals surface area (Å²) < 4.78 is 37.6. The lowest BCUT2D eigenvalue weighted by Crippen LogP contribution is -2.20. The van der Waals surface area contributed by atoms with Crippen molar-refractivity contribution in [3.05, 3.63) is 12.7 Å². The molecule has 0 radical (unpaired) electrons. The molecule has 0 aromatic heterocycles. The van der Waals surface area contributed by atoms with Gasteiger partial charge in [-0.15, -0.1) is 6.58 Å². The lowest BCUT2D eigenvalue weighted by molar-refractivity contribution is -0.0717. The maximum Gasteiger partial charge on any atom is 0.399 e. The molecule has 0 saturated heterocycles. The fraction of sp³-hybridized carbons (Fsp3) is 0.667. The number of ether oxygens (including phenoxy) is 1. The molecule has 1 N–H and O–H groups in total. The van der Waals surface area contributed by atoms with Gasteiger partial charge in [-0.3, -0.25) is 4.55 Å². The predicted octanol–water partition coefficient (Wildman–Crippen LogP) is 0.744. The maximum absolute atomic E-state index is 10.2. The van der Waals surface area contributed by atoms with Crippen LogP contribution in [0, 0.1) is 0 Å². The molecule has 0 aromatic rings. The van der Waals surface area contributed by atoms with Crippen molar-refractivity contribution in [2.75, 3.05) is 6.61 Å². The quantitative estimate of drug-likeness (QED) is 0.385. The highest BCUT2D eigenvalue weighted by molar-refractivity contribution is 7.80. The van der Waals surface area contributed by atoms with Crippen LogP contribution in [0.25, 0.3) is 0 Å². The molecule has 0 aliphatic rings. The Labute approximate surface area is 71.9 Å². The zero-order chi connectivity index (χ0) is 9.61. The van der Waals surface area contributed by atoms with Crippen LogP contribution in [0.4, 0.5) is 0 Å². The topological polar surface area (TPSA) is 72.8 Å². The van der Waals surface area contributed by atoms with Crippen LogP contribution in [-0.2, 0) is 19.3 Å². The summed E-state index contributed by atoms with van der Waals surface area (Å²) in [5, 5.41) is 0. The van der Waals surface area contributed by atoms with E-state index >= 15 is 0 Å². The molecule has 1 unspecified atom stereocenters. The van der Waals surface area contributed by atoms with Gasteiger partial charge in [-0.25, -0.2) is 4.18 Å². The summed E-state index contributed by atoms with van der Waals surface area (Å²) in [6.07, 6.45) is 0.835. The summed E-state index contributed by atoms with van der Waals surface area (Å²) in [7, 11) is -4.43. The molecule has 72 valence electrons. The lowest BCUT2D eigenvalue weighted by atomic mass is 10.5. The minimum atomic E-state index is -4.43. The first-order valence-corrected chi connectivity index (χ1v) is 4.74. The molecule has 0 saturated carbocycles. The Hall–Kier alpha value is -0.430. The Balaban J connectivity index is 3.91. The van der Waals surface area contributed by atoms with E-state index in [2.05, 4.69) is 10.8 Å². The van der Waals surface area contributed by atoms with E-state index in [1.807, 2.05) is 0 Å². The normalized spacial score (nSPS) is 14.2. The molecule has 0 aliphatic heterocycles. The highest BCUT2D eigenvalue weighted by atomic mass is 32.3. The molecule has 6 heteroatoms. The van der Waals surface area contributed by atoms with Crippen molar-refractivity contribution in [1.82, 2.24) is 0 Å². The Morgan fingerprint density at radius 1 is 1.67 bits per heavy atom. The van der Waals surface area contributed by atoms with Crippen LogP contribution in [0.3, 0.4) is 0 Å². The van der Waals surface area contributed by atoms with Crippen molar-refractivity contribution in [2.24, 2.45) is 0 Å². The molecule has 0 heterocycles. The predicted molar refractivity (Wildman–Crippen MR) is 42.9 cm³/mol. The van der Waals surface area contributed by atoms with E-state index in [9.17, 15) is 8.42 Å². The van der Waals surface area contributed by atoms with Crippen molar-refractivity contribution >= 4 is 10.4 Å². The molecule has 0 bridgehead atoms. The molecule has 0 spiro atoms. The third-order valence-electron chi connectivity index (χ3n) is 0.962. The molecule has 1 atom stereocenters. The fourth-order valence-corrected chi connectivity index (χ4v) is 0.988. The average molecular weight is 196 g/mol. The third kappa shape index (κ3) is 6.29. The second-order valence-corrected chi connectivity index (χ2v) is 3.03. The van der Waals surface area contributed by atoms with E-state index in [1.165, 1.54) is 6.08 Å². The van der Waals surface area contributed by atoms with E-state index in [0.717, 1.165) is 0 Å².